The molecule has 3 aromatic rings. The molecule has 0 radical (unpaired) electrons. The lowest BCUT2D eigenvalue weighted by atomic mass is 10.1. The second-order valence-electron chi connectivity index (χ2n) is 8.51. The van der Waals surface area contributed by atoms with Crippen molar-refractivity contribution in [2.45, 2.75) is 19.1 Å². The Hall–Kier alpha value is -4.21. The topological polar surface area (TPSA) is 101 Å². The van der Waals surface area contributed by atoms with Crippen LogP contribution in [0.5, 0.6) is 5.75 Å². The van der Waals surface area contributed by atoms with E-state index >= 15 is 0 Å². The summed E-state index contributed by atoms with van der Waals surface area (Å²) in [6.45, 7) is 0.915. The van der Waals surface area contributed by atoms with Gasteiger partial charge in [0.25, 0.3) is 11.8 Å². The van der Waals surface area contributed by atoms with Crippen LogP contribution in [0.4, 0.5) is 5.69 Å². The van der Waals surface area contributed by atoms with Crippen LogP contribution in [0.2, 0.25) is 0 Å². The summed E-state index contributed by atoms with van der Waals surface area (Å²) in [7, 11) is 3.33. The van der Waals surface area contributed by atoms with E-state index in [0.717, 1.165) is 11.3 Å². The van der Waals surface area contributed by atoms with E-state index in [2.05, 4.69) is 10.1 Å². The Morgan fingerprint density at radius 3 is 2.59 bits per heavy atom. The SMILES string of the molecule is CN(C)C(=O)CN1Cc2ccc(N3CC[C@@H](Oc4ccc(-n5cncn5)cc4)C3=O)cc2C1=O. The number of rotatable bonds is 6. The molecule has 0 aliphatic carbocycles. The van der Waals surface area contributed by atoms with Crippen LogP contribution in [0.3, 0.4) is 0 Å². The summed E-state index contributed by atoms with van der Waals surface area (Å²) in [5.41, 5.74) is 2.89. The van der Waals surface area contributed by atoms with Crippen LogP contribution >= 0.6 is 0 Å². The minimum atomic E-state index is -0.601. The predicted molar refractivity (Wildman–Crippen MR) is 123 cm³/mol. The summed E-state index contributed by atoms with van der Waals surface area (Å²) in [6, 6.07) is 12.7. The molecule has 0 unspecified atom stereocenters. The number of hydrogen-bond acceptors (Lipinski definition) is 6. The van der Waals surface area contributed by atoms with Crippen molar-refractivity contribution in [2.24, 2.45) is 0 Å². The van der Waals surface area contributed by atoms with Crippen LogP contribution in [-0.2, 0) is 16.1 Å². The first-order chi connectivity index (χ1) is 16.4. The zero-order valence-electron chi connectivity index (χ0n) is 18.9. The average Bonchev–Trinajstić information content (AvgIpc) is 3.56. The third-order valence-corrected chi connectivity index (χ3v) is 6.06. The molecule has 3 heterocycles. The maximum Gasteiger partial charge on any atom is 0.268 e. The Morgan fingerprint density at radius 1 is 1.12 bits per heavy atom. The van der Waals surface area contributed by atoms with Gasteiger partial charge in [-0.05, 0) is 42.0 Å². The van der Waals surface area contributed by atoms with Crippen LogP contribution in [0.1, 0.15) is 22.3 Å². The summed E-state index contributed by atoms with van der Waals surface area (Å²) in [5, 5.41) is 4.09. The summed E-state index contributed by atoms with van der Waals surface area (Å²) < 4.78 is 7.59. The van der Waals surface area contributed by atoms with Crippen molar-refractivity contribution in [2.75, 3.05) is 32.1 Å². The summed E-state index contributed by atoms with van der Waals surface area (Å²) in [6.07, 6.45) is 3.01. The van der Waals surface area contributed by atoms with E-state index in [1.54, 1.807) is 48.2 Å². The van der Waals surface area contributed by atoms with Crippen LogP contribution in [0.25, 0.3) is 5.69 Å². The summed E-state index contributed by atoms with van der Waals surface area (Å²) in [5.74, 6) is 0.115. The normalized spacial score (nSPS) is 17.3. The van der Waals surface area contributed by atoms with Gasteiger partial charge in [0.1, 0.15) is 24.9 Å². The zero-order valence-corrected chi connectivity index (χ0v) is 18.9. The fourth-order valence-corrected chi connectivity index (χ4v) is 4.15. The van der Waals surface area contributed by atoms with E-state index in [-0.39, 0.29) is 24.3 Å². The number of benzene rings is 2. The van der Waals surface area contributed by atoms with Crippen molar-refractivity contribution in [3.05, 3.63) is 66.2 Å². The number of carbonyl (C=O) groups is 3. The predicted octanol–water partition coefficient (Wildman–Crippen LogP) is 1.50. The Morgan fingerprint density at radius 2 is 1.88 bits per heavy atom. The fraction of sp³-hybridized carbons (Fsp3) is 0.292. The van der Waals surface area contributed by atoms with Gasteiger partial charge in [0.2, 0.25) is 5.91 Å². The third-order valence-electron chi connectivity index (χ3n) is 6.06. The molecule has 1 atom stereocenters. The highest BCUT2D eigenvalue weighted by molar-refractivity contribution is 6.03. The lowest BCUT2D eigenvalue weighted by molar-refractivity contribution is -0.129. The Bertz CT molecular complexity index is 1240. The second kappa shape index (κ2) is 8.62. The maximum absolute atomic E-state index is 13.1. The number of nitrogens with zero attached hydrogens (tertiary/aromatic N) is 6. The summed E-state index contributed by atoms with van der Waals surface area (Å²) >= 11 is 0. The van der Waals surface area contributed by atoms with E-state index in [4.69, 9.17) is 4.74 Å². The largest absolute Gasteiger partial charge is 0.481 e. The number of hydrogen-bond donors (Lipinski definition) is 0. The Labute approximate surface area is 196 Å². The molecule has 0 bridgehead atoms. The van der Waals surface area contributed by atoms with Gasteiger partial charge in [-0.25, -0.2) is 9.67 Å². The summed E-state index contributed by atoms with van der Waals surface area (Å²) in [4.78, 5) is 46.5. The molecule has 174 valence electrons. The van der Waals surface area contributed by atoms with Crippen LogP contribution in [0.15, 0.2) is 55.1 Å². The number of anilines is 1. The molecular weight excluding hydrogens is 436 g/mol. The average molecular weight is 460 g/mol. The first-order valence-corrected chi connectivity index (χ1v) is 11.0. The lowest BCUT2D eigenvalue weighted by Gasteiger charge is -2.18. The van der Waals surface area contributed by atoms with E-state index in [9.17, 15) is 14.4 Å². The number of ether oxygens (including phenoxy) is 1. The number of likely N-dealkylation sites (N-methyl/N-ethyl adjacent to an activating group) is 1. The standard InChI is InChI=1S/C24H24N6O4/c1-27(2)22(31)13-28-12-16-3-4-18(11-20(16)23(28)32)29-10-9-21(24(29)33)34-19-7-5-17(6-8-19)30-15-25-14-26-30/h3-8,11,14-15,21H,9-10,12-13H2,1-2H3/t21-/m1/s1. The molecule has 1 aromatic heterocycles. The van der Waals surface area contributed by atoms with Gasteiger partial charge >= 0.3 is 0 Å². The van der Waals surface area contributed by atoms with E-state index < -0.39 is 6.10 Å². The zero-order chi connectivity index (χ0) is 23.8. The maximum atomic E-state index is 13.1. The van der Waals surface area contributed by atoms with Crippen molar-refractivity contribution < 1.29 is 19.1 Å². The molecule has 0 saturated carbocycles. The van der Waals surface area contributed by atoms with Crippen LogP contribution < -0.4 is 9.64 Å². The molecule has 0 spiro atoms. The van der Waals surface area contributed by atoms with Crippen LogP contribution in [0, 0.1) is 0 Å². The van der Waals surface area contributed by atoms with Gasteiger partial charge in [-0.2, -0.15) is 5.10 Å². The smallest absolute Gasteiger partial charge is 0.268 e. The van der Waals surface area contributed by atoms with Crippen LogP contribution in [-0.4, -0.2) is 75.6 Å². The second-order valence-corrected chi connectivity index (χ2v) is 8.51. The van der Waals surface area contributed by atoms with Crippen molar-refractivity contribution in [3.63, 3.8) is 0 Å². The number of fused-ring (bicyclic) bond motifs is 1. The number of aromatic nitrogens is 3. The molecule has 2 aliphatic heterocycles. The van der Waals surface area contributed by atoms with Crippen molar-refractivity contribution in [1.29, 1.82) is 0 Å². The van der Waals surface area contributed by atoms with Gasteiger partial charge in [-0.3, -0.25) is 14.4 Å². The molecule has 2 aromatic carbocycles. The molecule has 5 rings (SSSR count). The van der Waals surface area contributed by atoms with E-state index in [1.165, 1.54) is 16.1 Å². The monoisotopic (exact) mass is 460 g/mol. The third kappa shape index (κ3) is 3.98. The van der Waals surface area contributed by atoms with Crippen molar-refractivity contribution >= 4 is 23.4 Å². The van der Waals surface area contributed by atoms with Gasteiger partial charge in [0, 0.05) is 44.9 Å². The van der Waals surface area contributed by atoms with Gasteiger partial charge < -0.3 is 19.4 Å². The highest BCUT2D eigenvalue weighted by atomic mass is 16.5. The number of amides is 3. The van der Waals surface area contributed by atoms with E-state index in [0.29, 0.717) is 36.5 Å². The minimum Gasteiger partial charge on any atom is -0.481 e. The molecule has 0 N–H and O–H groups in total. The first-order valence-electron chi connectivity index (χ1n) is 11.0. The molecule has 1 fully saturated rings. The minimum absolute atomic E-state index is 0.0318. The molecule has 1 saturated heterocycles. The highest BCUT2D eigenvalue weighted by Crippen LogP contribution is 2.30. The van der Waals surface area contributed by atoms with Gasteiger partial charge in [0.15, 0.2) is 6.10 Å². The quantitative estimate of drug-likeness (QED) is 0.553. The Balaban J connectivity index is 1.26. The van der Waals surface area contributed by atoms with E-state index in [1.807, 2.05) is 24.3 Å². The molecule has 2 aliphatic rings. The van der Waals surface area contributed by atoms with Gasteiger partial charge in [-0.15, -0.1) is 0 Å². The lowest BCUT2D eigenvalue weighted by Crippen LogP contribution is -2.36. The fourth-order valence-electron chi connectivity index (χ4n) is 4.15. The first kappa shape index (κ1) is 21.6. The van der Waals surface area contributed by atoms with Crippen molar-refractivity contribution in [3.8, 4) is 11.4 Å². The molecular formula is C24H24N6O4. The van der Waals surface area contributed by atoms with Crippen molar-refractivity contribution in [1.82, 2.24) is 24.6 Å². The number of carbonyl (C=O) groups excluding carboxylic acids is 3. The molecule has 3 amide bonds. The molecule has 10 heteroatoms. The molecule has 34 heavy (non-hydrogen) atoms. The Kier molecular flexibility index (Phi) is 5.48. The molecule has 10 nitrogen and oxygen atoms in total. The van der Waals surface area contributed by atoms with Gasteiger partial charge in [0.05, 0.1) is 5.69 Å². The highest BCUT2D eigenvalue weighted by Gasteiger charge is 2.36. The van der Waals surface area contributed by atoms with Gasteiger partial charge in [-0.1, -0.05) is 6.07 Å².